The van der Waals surface area contributed by atoms with E-state index >= 15 is 0 Å². The van der Waals surface area contributed by atoms with Crippen LogP contribution in [0, 0.1) is 0 Å². The molecule has 0 fully saturated rings. The van der Waals surface area contributed by atoms with E-state index in [4.69, 9.17) is 0 Å². The van der Waals surface area contributed by atoms with Crippen molar-refractivity contribution in [3.63, 3.8) is 0 Å². The van der Waals surface area contributed by atoms with Gasteiger partial charge in [0, 0.05) is 29.3 Å². The first-order valence-electron chi connectivity index (χ1n) is 7.86. The lowest BCUT2D eigenvalue weighted by atomic mass is 10.2. The van der Waals surface area contributed by atoms with E-state index in [1.54, 1.807) is 6.20 Å². The Morgan fingerprint density at radius 2 is 2.04 bits per heavy atom. The van der Waals surface area contributed by atoms with Crippen LogP contribution in [-0.4, -0.2) is 24.1 Å². The molecule has 2 heterocycles. The second kappa shape index (κ2) is 6.30. The molecule has 5 nitrogen and oxygen atoms in total. The molecule has 2 atom stereocenters. The summed E-state index contributed by atoms with van der Waals surface area (Å²) in [6.45, 7) is 5.64. The molecule has 25 heavy (non-hydrogen) atoms. The highest BCUT2D eigenvalue weighted by Gasteiger charge is 2.35. The second-order valence-corrected chi connectivity index (χ2v) is 8.96. The highest BCUT2D eigenvalue weighted by atomic mass is 32.2. The Balaban J connectivity index is 1.85. The summed E-state index contributed by atoms with van der Waals surface area (Å²) in [4.78, 5) is 3.36. The molecule has 1 N–H and O–H groups in total. The van der Waals surface area contributed by atoms with Crippen LogP contribution < -0.4 is 4.72 Å². The first kappa shape index (κ1) is 18.2. The molecular formula is C16H19F3N4OS. The van der Waals surface area contributed by atoms with Crippen molar-refractivity contribution in [1.29, 1.82) is 0 Å². The third-order valence-electron chi connectivity index (χ3n) is 3.97. The monoisotopic (exact) mass is 372 g/mol. The number of pyridine rings is 1. The van der Waals surface area contributed by atoms with Crippen LogP contribution >= 0.6 is 0 Å². The van der Waals surface area contributed by atoms with Gasteiger partial charge in [0.1, 0.15) is 10.4 Å². The molecule has 9 heteroatoms. The molecule has 1 aliphatic carbocycles. The molecule has 0 amide bonds. The molecule has 2 aromatic rings. The SMILES string of the molecule is CC(C)(C)[S+]([O-])N[C@H]1CCc2nn(-c3ccnc(C(F)(F)F)c3)cc21. The molecule has 0 aliphatic heterocycles. The van der Waals surface area contributed by atoms with Gasteiger partial charge in [-0.3, -0.25) is 4.98 Å². The summed E-state index contributed by atoms with van der Waals surface area (Å²) in [6, 6.07) is 2.33. The quantitative estimate of drug-likeness (QED) is 0.840. The number of aryl methyl sites for hydroxylation is 1. The van der Waals surface area contributed by atoms with Gasteiger partial charge in [0.2, 0.25) is 0 Å². The summed E-state index contributed by atoms with van der Waals surface area (Å²) in [5, 5.41) is 4.39. The van der Waals surface area contributed by atoms with Crippen LogP contribution in [0.1, 0.15) is 50.2 Å². The van der Waals surface area contributed by atoms with Gasteiger partial charge in [0.15, 0.2) is 0 Å². The van der Waals surface area contributed by atoms with E-state index in [9.17, 15) is 17.7 Å². The summed E-state index contributed by atoms with van der Waals surface area (Å²) in [7, 11) is 0. The molecule has 136 valence electrons. The van der Waals surface area contributed by atoms with Gasteiger partial charge in [0.05, 0.1) is 17.4 Å². The van der Waals surface area contributed by atoms with Gasteiger partial charge in [0.25, 0.3) is 0 Å². The predicted molar refractivity (Wildman–Crippen MR) is 88.5 cm³/mol. The largest absolute Gasteiger partial charge is 0.598 e. The normalized spacial score (nSPS) is 19.1. The predicted octanol–water partition coefficient (Wildman–Crippen LogP) is 3.33. The number of hydrogen-bond acceptors (Lipinski definition) is 4. The van der Waals surface area contributed by atoms with Gasteiger partial charge < -0.3 is 4.55 Å². The van der Waals surface area contributed by atoms with Gasteiger partial charge in [-0.05, 0) is 45.7 Å². The van der Waals surface area contributed by atoms with E-state index in [0.29, 0.717) is 12.1 Å². The number of hydrogen-bond donors (Lipinski definition) is 1. The van der Waals surface area contributed by atoms with Crippen LogP contribution in [0.4, 0.5) is 13.2 Å². The minimum Gasteiger partial charge on any atom is -0.598 e. The molecule has 0 saturated heterocycles. The number of halogens is 3. The molecule has 0 radical (unpaired) electrons. The number of nitrogens with zero attached hydrogens (tertiary/aromatic N) is 3. The zero-order chi connectivity index (χ0) is 18.4. The van der Waals surface area contributed by atoms with Crippen LogP contribution in [0.2, 0.25) is 0 Å². The van der Waals surface area contributed by atoms with Crippen LogP contribution in [0.25, 0.3) is 5.69 Å². The lowest BCUT2D eigenvalue weighted by molar-refractivity contribution is -0.141. The maximum Gasteiger partial charge on any atom is 0.433 e. The number of fused-ring (bicyclic) bond motifs is 1. The average molecular weight is 372 g/mol. The fourth-order valence-electron chi connectivity index (χ4n) is 2.62. The fourth-order valence-corrected chi connectivity index (χ4v) is 3.48. The second-order valence-electron chi connectivity index (χ2n) is 6.96. The van der Waals surface area contributed by atoms with E-state index in [2.05, 4.69) is 14.8 Å². The lowest BCUT2D eigenvalue weighted by Crippen LogP contribution is -2.40. The van der Waals surface area contributed by atoms with Crippen molar-refractivity contribution in [2.75, 3.05) is 0 Å². The molecular weight excluding hydrogens is 353 g/mol. The Morgan fingerprint density at radius 1 is 1.32 bits per heavy atom. The van der Waals surface area contributed by atoms with Crippen LogP contribution in [-0.2, 0) is 24.0 Å². The van der Waals surface area contributed by atoms with Crippen molar-refractivity contribution in [2.45, 2.75) is 50.6 Å². The van der Waals surface area contributed by atoms with Crippen LogP contribution in [0.5, 0.6) is 0 Å². The standard InChI is InChI=1S/C16H19F3N4OS/c1-15(2,3)25(24)22-13-5-4-12-11(13)9-23(21-12)10-6-7-20-14(8-10)16(17,18)19/h6-9,13,22H,4-5H2,1-3H3/t13-,25?/m0/s1. The first-order valence-corrected chi connectivity index (χ1v) is 9.01. The maximum atomic E-state index is 12.8. The van der Waals surface area contributed by atoms with Crippen molar-refractivity contribution >= 4 is 11.4 Å². The minimum absolute atomic E-state index is 0.118. The van der Waals surface area contributed by atoms with Crippen molar-refractivity contribution in [3.8, 4) is 5.69 Å². The van der Waals surface area contributed by atoms with E-state index in [0.717, 1.165) is 29.9 Å². The van der Waals surface area contributed by atoms with Gasteiger partial charge in [-0.25, -0.2) is 4.68 Å². The fraction of sp³-hybridized carbons (Fsp3) is 0.500. The summed E-state index contributed by atoms with van der Waals surface area (Å²) < 4.78 is 54.9. The maximum absolute atomic E-state index is 12.8. The van der Waals surface area contributed by atoms with Gasteiger partial charge in [-0.1, -0.05) is 0 Å². The molecule has 1 aliphatic rings. The molecule has 0 bridgehead atoms. The van der Waals surface area contributed by atoms with Gasteiger partial charge in [-0.2, -0.15) is 18.3 Å². The summed E-state index contributed by atoms with van der Waals surface area (Å²) in [5.74, 6) is 0. The van der Waals surface area contributed by atoms with Gasteiger partial charge >= 0.3 is 6.18 Å². The van der Waals surface area contributed by atoms with E-state index < -0.39 is 28.0 Å². The third kappa shape index (κ3) is 3.83. The van der Waals surface area contributed by atoms with Crippen LogP contribution in [0.3, 0.4) is 0 Å². The zero-order valence-electron chi connectivity index (χ0n) is 14.1. The molecule has 3 rings (SSSR count). The molecule has 0 aromatic carbocycles. The van der Waals surface area contributed by atoms with Crippen molar-refractivity contribution < 1.29 is 17.7 Å². The van der Waals surface area contributed by atoms with Gasteiger partial charge in [-0.15, -0.1) is 4.72 Å². The number of alkyl halides is 3. The molecule has 2 aromatic heterocycles. The number of rotatable bonds is 3. The third-order valence-corrected chi connectivity index (χ3v) is 5.58. The Hall–Kier alpha value is -1.58. The number of nitrogens with one attached hydrogen (secondary N) is 1. The summed E-state index contributed by atoms with van der Waals surface area (Å²) >= 11 is -1.23. The molecule has 0 saturated carbocycles. The van der Waals surface area contributed by atoms with Crippen molar-refractivity contribution in [3.05, 3.63) is 41.5 Å². The molecule has 0 spiro atoms. The summed E-state index contributed by atoms with van der Waals surface area (Å²) in [5.41, 5.74) is 1.04. The Morgan fingerprint density at radius 3 is 2.68 bits per heavy atom. The van der Waals surface area contributed by atoms with Crippen LogP contribution in [0.15, 0.2) is 24.5 Å². The van der Waals surface area contributed by atoms with E-state index in [1.807, 2.05) is 20.8 Å². The topological polar surface area (TPSA) is 65.8 Å². The Labute approximate surface area is 147 Å². The lowest BCUT2D eigenvalue weighted by Gasteiger charge is -2.26. The molecule has 1 unspecified atom stereocenters. The average Bonchev–Trinajstić information content (AvgIpc) is 3.07. The van der Waals surface area contributed by atoms with E-state index in [1.165, 1.54) is 10.7 Å². The van der Waals surface area contributed by atoms with Crippen molar-refractivity contribution in [1.82, 2.24) is 19.5 Å². The number of aromatic nitrogens is 3. The van der Waals surface area contributed by atoms with E-state index in [-0.39, 0.29) is 6.04 Å². The zero-order valence-corrected chi connectivity index (χ0v) is 14.9. The summed E-state index contributed by atoms with van der Waals surface area (Å²) in [6.07, 6.45) is -0.215. The smallest absolute Gasteiger partial charge is 0.433 e. The minimum atomic E-state index is -4.50. The Bertz CT molecular complexity index is 769. The van der Waals surface area contributed by atoms with Crippen molar-refractivity contribution in [2.24, 2.45) is 0 Å². The highest BCUT2D eigenvalue weighted by Crippen LogP contribution is 2.33. The first-order chi connectivity index (χ1) is 11.6. The highest BCUT2D eigenvalue weighted by molar-refractivity contribution is 7.90. The Kier molecular flexibility index (Phi) is 4.59.